The maximum Gasteiger partial charge on any atom is 0.310 e. The van der Waals surface area contributed by atoms with E-state index in [1.165, 1.54) is 14.0 Å². The molecule has 2 aromatic carbocycles. The van der Waals surface area contributed by atoms with E-state index in [2.05, 4.69) is 33.0 Å². The van der Waals surface area contributed by atoms with Gasteiger partial charge in [0.2, 0.25) is 0 Å². The Morgan fingerprint density at radius 1 is 0.968 bits per heavy atom. The fourth-order valence-electron chi connectivity index (χ4n) is 3.36. The van der Waals surface area contributed by atoms with Gasteiger partial charge in [-0.25, -0.2) is 0 Å². The largest absolute Gasteiger partial charge is 0.496 e. The normalized spacial score (nSPS) is 10.8. The van der Waals surface area contributed by atoms with Crippen LogP contribution in [0, 0.1) is 0 Å². The second-order valence-electron chi connectivity index (χ2n) is 8.09. The van der Waals surface area contributed by atoms with Crippen molar-refractivity contribution in [3.8, 4) is 5.75 Å². The first-order chi connectivity index (χ1) is 14.6. The van der Waals surface area contributed by atoms with Gasteiger partial charge in [-0.3, -0.25) is 14.4 Å². The van der Waals surface area contributed by atoms with E-state index in [4.69, 9.17) is 9.47 Å². The van der Waals surface area contributed by atoms with E-state index in [9.17, 15) is 14.4 Å². The number of Topliss-reactive ketones (excluding diaryl/α,β-unsaturated/α-hetero) is 1. The van der Waals surface area contributed by atoms with Crippen LogP contribution in [-0.2, 0) is 20.7 Å². The van der Waals surface area contributed by atoms with Crippen molar-refractivity contribution in [1.82, 2.24) is 0 Å². The van der Waals surface area contributed by atoms with Gasteiger partial charge in [-0.2, -0.15) is 0 Å². The zero-order valence-electron chi connectivity index (χ0n) is 19.1. The fraction of sp³-hybridized carbons (Fsp3) is 0.400. The molecule has 0 fully saturated rings. The van der Waals surface area contributed by atoms with Crippen molar-refractivity contribution in [3.63, 3.8) is 0 Å². The Labute approximate surface area is 183 Å². The Kier molecular flexibility index (Phi) is 8.37. The molecule has 1 amide bonds. The number of nitrogens with one attached hydrogen (secondary N) is 1. The SMILES string of the molecule is COc1ccc(C(C)=O)cc1CC(=O)OCC(=O)Nc1c(C(C)C)cccc1C(C)C. The predicted molar refractivity (Wildman–Crippen MR) is 121 cm³/mol. The maximum atomic E-state index is 12.5. The summed E-state index contributed by atoms with van der Waals surface area (Å²) in [5.74, 6) is -0.126. The minimum atomic E-state index is -0.574. The predicted octanol–water partition coefficient (Wildman–Crippen LogP) is 4.87. The van der Waals surface area contributed by atoms with Crippen molar-refractivity contribution in [2.75, 3.05) is 19.0 Å². The number of hydrogen-bond donors (Lipinski definition) is 1. The highest BCUT2D eigenvalue weighted by molar-refractivity contribution is 5.95. The molecule has 0 spiro atoms. The van der Waals surface area contributed by atoms with Crippen LogP contribution >= 0.6 is 0 Å². The zero-order chi connectivity index (χ0) is 23.1. The molecule has 166 valence electrons. The van der Waals surface area contributed by atoms with Crippen molar-refractivity contribution in [3.05, 3.63) is 58.7 Å². The van der Waals surface area contributed by atoms with Crippen LogP contribution in [0.25, 0.3) is 0 Å². The molecule has 0 saturated heterocycles. The molecule has 0 aliphatic rings. The van der Waals surface area contributed by atoms with E-state index in [-0.39, 0.29) is 24.0 Å². The molecule has 31 heavy (non-hydrogen) atoms. The number of methoxy groups -OCH3 is 1. The van der Waals surface area contributed by atoms with Crippen molar-refractivity contribution < 1.29 is 23.9 Å². The van der Waals surface area contributed by atoms with Gasteiger partial charge in [0.1, 0.15) is 5.75 Å². The highest BCUT2D eigenvalue weighted by atomic mass is 16.5. The molecule has 6 nitrogen and oxygen atoms in total. The third-order valence-corrected chi connectivity index (χ3v) is 5.02. The molecular weight excluding hydrogens is 394 g/mol. The van der Waals surface area contributed by atoms with E-state index < -0.39 is 18.5 Å². The molecule has 2 rings (SSSR count). The zero-order valence-corrected chi connectivity index (χ0v) is 19.1. The molecule has 0 radical (unpaired) electrons. The van der Waals surface area contributed by atoms with Gasteiger partial charge in [0.25, 0.3) is 5.91 Å². The lowest BCUT2D eigenvalue weighted by Gasteiger charge is -2.20. The van der Waals surface area contributed by atoms with Crippen LogP contribution in [0.3, 0.4) is 0 Å². The minimum absolute atomic E-state index is 0.0998. The monoisotopic (exact) mass is 425 g/mol. The van der Waals surface area contributed by atoms with E-state index >= 15 is 0 Å². The van der Waals surface area contributed by atoms with Crippen molar-refractivity contribution in [1.29, 1.82) is 0 Å². The molecule has 0 aromatic heterocycles. The number of anilines is 1. The van der Waals surface area contributed by atoms with Crippen LogP contribution in [0.4, 0.5) is 5.69 Å². The Bertz CT molecular complexity index is 936. The van der Waals surface area contributed by atoms with Gasteiger partial charge >= 0.3 is 5.97 Å². The average molecular weight is 426 g/mol. The smallest absolute Gasteiger partial charge is 0.310 e. The third kappa shape index (κ3) is 6.41. The van der Waals surface area contributed by atoms with E-state index in [1.807, 2.05) is 18.2 Å². The number of rotatable bonds is 9. The number of hydrogen-bond acceptors (Lipinski definition) is 5. The maximum absolute atomic E-state index is 12.5. The number of benzene rings is 2. The molecule has 2 aromatic rings. The third-order valence-electron chi connectivity index (χ3n) is 5.02. The van der Waals surface area contributed by atoms with E-state index in [1.54, 1.807) is 18.2 Å². The number of ether oxygens (including phenoxy) is 2. The number of esters is 1. The lowest BCUT2D eigenvalue weighted by molar-refractivity contribution is -0.146. The van der Waals surface area contributed by atoms with Gasteiger partial charge in [0.05, 0.1) is 13.5 Å². The van der Waals surface area contributed by atoms with Gasteiger partial charge < -0.3 is 14.8 Å². The second kappa shape index (κ2) is 10.8. The number of carbonyl (C=O) groups excluding carboxylic acids is 3. The summed E-state index contributed by atoms with van der Waals surface area (Å²) in [4.78, 5) is 36.5. The van der Waals surface area contributed by atoms with Crippen LogP contribution in [0.1, 0.15) is 73.5 Å². The van der Waals surface area contributed by atoms with Crippen molar-refractivity contribution >= 4 is 23.3 Å². The van der Waals surface area contributed by atoms with Crippen molar-refractivity contribution in [2.24, 2.45) is 0 Å². The Balaban J connectivity index is 2.07. The standard InChI is InChI=1S/C25H31NO5/c1-15(2)20-8-7-9-21(16(3)4)25(20)26-23(28)14-31-24(29)13-19-12-18(17(5)27)10-11-22(19)30-6/h7-12,15-16H,13-14H2,1-6H3,(H,26,28). The summed E-state index contributed by atoms with van der Waals surface area (Å²) in [6.45, 7) is 9.33. The lowest BCUT2D eigenvalue weighted by atomic mass is 9.92. The van der Waals surface area contributed by atoms with E-state index in [0.717, 1.165) is 16.8 Å². The van der Waals surface area contributed by atoms with Gasteiger partial charge in [-0.15, -0.1) is 0 Å². The number of para-hydroxylation sites is 1. The van der Waals surface area contributed by atoms with E-state index in [0.29, 0.717) is 16.9 Å². The molecule has 6 heteroatoms. The molecule has 0 heterocycles. The molecule has 0 saturated carbocycles. The summed E-state index contributed by atoms with van der Waals surface area (Å²) in [5, 5.41) is 2.92. The summed E-state index contributed by atoms with van der Waals surface area (Å²) >= 11 is 0. The van der Waals surface area contributed by atoms with Crippen LogP contribution in [0.5, 0.6) is 5.75 Å². The fourth-order valence-corrected chi connectivity index (χ4v) is 3.36. The summed E-state index contributed by atoms with van der Waals surface area (Å²) in [6, 6.07) is 10.9. The topological polar surface area (TPSA) is 81.7 Å². The molecule has 1 N–H and O–H groups in total. The van der Waals surface area contributed by atoms with Gasteiger partial charge in [-0.05, 0) is 48.1 Å². The highest BCUT2D eigenvalue weighted by Crippen LogP contribution is 2.32. The first-order valence-corrected chi connectivity index (χ1v) is 10.4. The molecule has 0 bridgehead atoms. The number of amides is 1. The summed E-state index contributed by atoms with van der Waals surface area (Å²) in [6.07, 6.45) is -0.0998. The van der Waals surface area contributed by atoms with Crippen LogP contribution in [-0.4, -0.2) is 31.4 Å². The Morgan fingerprint density at radius 2 is 1.58 bits per heavy atom. The van der Waals surface area contributed by atoms with Crippen molar-refractivity contribution in [2.45, 2.75) is 52.9 Å². The highest BCUT2D eigenvalue weighted by Gasteiger charge is 2.18. The van der Waals surface area contributed by atoms with Gasteiger partial charge in [0.15, 0.2) is 12.4 Å². The summed E-state index contributed by atoms with van der Waals surface area (Å²) in [5.41, 5.74) is 3.87. The quantitative estimate of drug-likeness (QED) is 0.458. The lowest BCUT2D eigenvalue weighted by Crippen LogP contribution is -2.23. The van der Waals surface area contributed by atoms with Gasteiger partial charge in [0, 0.05) is 16.8 Å². The Morgan fingerprint density at radius 3 is 2.10 bits per heavy atom. The first-order valence-electron chi connectivity index (χ1n) is 10.4. The summed E-state index contributed by atoms with van der Waals surface area (Å²) < 4.78 is 10.4. The first kappa shape index (κ1) is 24.1. The van der Waals surface area contributed by atoms with Crippen LogP contribution in [0.2, 0.25) is 0 Å². The average Bonchev–Trinajstić information content (AvgIpc) is 2.71. The van der Waals surface area contributed by atoms with Crippen LogP contribution < -0.4 is 10.1 Å². The molecule has 0 atom stereocenters. The Hall–Kier alpha value is -3.15. The molecule has 0 aliphatic carbocycles. The molecule has 0 aliphatic heterocycles. The minimum Gasteiger partial charge on any atom is -0.496 e. The molecule has 0 unspecified atom stereocenters. The second-order valence-corrected chi connectivity index (χ2v) is 8.09. The number of ketones is 1. The summed E-state index contributed by atoms with van der Waals surface area (Å²) in [7, 11) is 1.49. The van der Waals surface area contributed by atoms with Crippen LogP contribution in [0.15, 0.2) is 36.4 Å². The molecular formula is C25H31NO5. The number of carbonyl (C=O) groups is 3. The van der Waals surface area contributed by atoms with Gasteiger partial charge in [-0.1, -0.05) is 45.9 Å².